The van der Waals surface area contributed by atoms with E-state index in [4.69, 9.17) is 9.47 Å². The van der Waals surface area contributed by atoms with Crippen LogP contribution < -0.4 is 14.8 Å². The third-order valence-electron chi connectivity index (χ3n) is 6.51. The minimum absolute atomic E-state index is 0.120. The Labute approximate surface area is 207 Å². The highest BCUT2D eigenvalue weighted by Gasteiger charge is 2.21. The molecule has 0 bridgehead atoms. The maximum atomic E-state index is 6.14. The van der Waals surface area contributed by atoms with Crippen molar-refractivity contribution in [2.75, 3.05) is 13.7 Å². The zero-order valence-electron chi connectivity index (χ0n) is 20.2. The molecule has 4 aromatic rings. The van der Waals surface area contributed by atoms with E-state index in [9.17, 15) is 0 Å². The van der Waals surface area contributed by atoms with E-state index in [1.807, 2.05) is 42.7 Å². The van der Waals surface area contributed by atoms with Gasteiger partial charge in [-0.2, -0.15) is 0 Å². The molecule has 1 aliphatic heterocycles. The van der Waals surface area contributed by atoms with Crippen molar-refractivity contribution < 1.29 is 9.47 Å². The van der Waals surface area contributed by atoms with Gasteiger partial charge in [-0.05, 0) is 76.6 Å². The number of methoxy groups -OCH3 is 1. The average molecular weight is 463 g/mol. The first-order valence-electron chi connectivity index (χ1n) is 12.0. The number of hydrogen-bond acceptors (Lipinski definition) is 4. The van der Waals surface area contributed by atoms with Gasteiger partial charge in [0.2, 0.25) is 0 Å². The van der Waals surface area contributed by atoms with Crippen molar-refractivity contribution in [3.63, 3.8) is 0 Å². The van der Waals surface area contributed by atoms with E-state index in [0.29, 0.717) is 6.61 Å². The molecule has 4 nitrogen and oxygen atoms in total. The number of hydrogen-bond donors (Lipinski definition) is 1. The number of fused-ring (bicyclic) bond motifs is 1. The van der Waals surface area contributed by atoms with Crippen LogP contribution in [0.3, 0.4) is 0 Å². The van der Waals surface area contributed by atoms with Crippen LogP contribution in [0.1, 0.15) is 33.9 Å². The summed E-state index contributed by atoms with van der Waals surface area (Å²) in [6.07, 6.45) is 9.08. The van der Waals surface area contributed by atoms with Gasteiger partial charge >= 0.3 is 0 Å². The van der Waals surface area contributed by atoms with E-state index in [1.165, 1.54) is 33.4 Å². The lowest BCUT2D eigenvalue weighted by Gasteiger charge is -2.26. The Morgan fingerprint density at radius 3 is 2.54 bits per heavy atom. The van der Waals surface area contributed by atoms with Gasteiger partial charge in [-0.25, -0.2) is 0 Å². The number of aromatic nitrogens is 1. The lowest BCUT2D eigenvalue weighted by atomic mass is 9.92. The number of aryl methyl sites for hydroxylation is 1. The van der Waals surface area contributed by atoms with Gasteiger partial charge in [-0.3, -0.25) is 4.98 Å². The molecule has 1 atom stereocenters. The molecule has 5 rings (SSSR count). The second-order valence-electron chi connectivity index (χ2n) is 8.82. The third kappa shape index (κ3) is 5.28. The van der Waals surface area contributed by atoms with E-state index in [-0.39, 0.29) is 6.04 Å². The molecule has 0 aliphatic carbocycles. The zero-order chi connectivity index (χ0) is 24.0. The highest BCUT2D eigenvalue weighted by Crippen LogP contribution is 2.36. The molecular formula is C31H30N2O2. The maximum Gasteiger partial charge on any atom is 0.161 e. The number of benzene rings is 3. The van der Waals surface area contributed by atoms with Crippen molar-refractivity contribution in [3.05, 3.63) is 119 Å². The molecule has 0 spiro atoms. The van der Waals surface area contributed by atoms with Gasteiger partial charge in [0.1, 0.15) is 6.61 Å². The van der Waals surface area contributed by atoms with Crippen molar-refractivity contribution in [2.45, 2.75) is 26.0 Å². The highest BCUT2D eigenvalue weighted by molar-refractivity contribution is 5.67. The normalized spacial score (nSPS) is 15.1. The molecule has 35 heavy (non-hydrogen) atoms. The summed E-state index contributed by atoms with van der Waals surface area (Å²) in [5.41, 5.74) is 8.52. The summed E-state index contributed by atoms with van der Waals surface area (Å²) in [5, 5.41) is 3.64. The van der Waals surface area contributed by atoms with Gasteiger partial charge in [0.25, 0.3) is 0 Å². The monoisotopic (exact) mass is 462 g/mol. The molecule has 3 aromatic carbocycles. The minimum atomic E-state index is 0.120. The van der Waals surface area contributed by atoms with Crippen molar-refractivity contribution in [1.29, 1.82) is 0 Å². The summed E-state index contributed by atoms with van der Waals surface area (Å²) in [6, 6.07) is 25.3. The topological polar surface area (TPSA) is 43.4 Å². The average Bonchev–Trinajstić information content (AvgIpc) is 2.91. The highest BCUT2D eigenvalue weighted by atomic mass is 16.5. The van der Waals surface area contributed by atoms with Crippen LogP contribution in [0.15, 0.2) is 91.3 Å². The molecule has 0 radical (unpaired) electrons. The van der Waals surface area contributed by atoms with Crippen LogP contribution in [0.25, 0.3) is 17.2 Å². The van der Waals surface area contributed by atoms with E-state index >= 15 is 0 Å². The number of pyridine rings is 1. The Balaban J connectivity index is 1.36. The molecule has 0 amide bonds. The van der Waals surface area contributed by atoms with E-state index in [2.05, 4.69) is 71.8 Å². The Hall–Kier alpha value is -3.89. The van der Waals surface area contributed by atoms with Crippen molar-refractivity contribution >= 4 is 6.08 Å². The number of ether oxygens (including phenoxy) is 2. The van der Waals surface area contributed by atoms with Gasteiger partial charge in [0, 0.05) is 18.9 Å². The summed E-state index contributed by atoms with van der Waals surface area (Å²) in [5.74, 6) is 1.56. The van der Waals surface area contributed by atoms with Crippen LogP contribution >= 0.6 is 0 Å². The Morgan fingerprint density at radius 2 is 1.77 bits per heavy atom. The molecule has 176 valence electrons. The second kappa shape index (κ2) is 10.6. The van der Waals surface area contributed by atoms with Gasteiger partial charge in [0.15, 0.2) is 11.5 Å². The van der Waals surface area contributed by atoms with E-state index in [1.54, 1.807) is 7.11 Å². The summed E-state index contributed by atoms with van der Waals surface area (Å²) >= 11 is 0. The van der Waals surface area contributed by atoms with Gasteiger partial charge in [0.05, 0.1) is 13.2 Å². The predicted molar refractivity (Wildman–Crippen MR) is 142 cm³/mol. The second-order valence-corrected chi connectivity index (χ2v) is 8.82. The molecule has 1 N–H and O–H groups in total. The van der Waals surface area contributed by atoms with Crippen molar-refractivity contribution in [3.8, 4) is 22.6 Å². The molecule has 0 fully saturated rings. The third-order valence-corrected chi connectivity index (χ3v) is 6.51. The first-order chi connectivity index (χ1) is 17.2. The van der Waals surface area contributed by atoms with Crippen LogP contribution in [0, 0.1) is 6.92 Å². The SMILES string of the molecule is COc1cc2c(cc1OCc1ccccc1)CCNC2/C=C/c1ccc(-c2ccncc2)cc1C. The fourth-order valence-corrected chi connectivity index (χ4v) is 4.56. The van der Waals surface area contributed by atoms with E-state index in [0.717, 1.165) is 30.0 Å². The largest absolute Gasteiger partial charge is 0.493 e. The molecule has 4 heteroatoms. The lowest BCUT2D eigenvalue weighted by molar-refractivity contribution is 0.283. The summed E-state index contributed by atoms with van der Waals surface area (Å²) in [7, 11) is 1.70. The molecule has 0 saturated heterocycles. The number of nitrogens with zero attached hydrogens (tertiary/aromatic N) is 1. The number of nitrogens with one attached hydrogen (secondary N) is 1. The molecular weight excluding hydrogens is 432 g/mol. The Bertz CT molecular complexity index is 1320. The molecule has 1 unspecified atom stereocenters. The van der Waals surface area contributed by atoms with E-state index < -0.39 is 0 Å². The van der Waals surface area contributed by atoms with Crippen LogP contribution in [0.4, 0.5) is 0 Å². The predicted octanol–water partition coefficient (Wildman–Crippen LogP) is 6.54. The smallest absolute Gasteiger partial charge is 0.161 e. The summed E-state index contributed by atoms with van der Waals surface area (Å²) < 4.78 is 11.8. The minimum Gasteiger partial charge on any atom is -0.493 e. The van der Waals surface area contributed by atoms with Gasteiger partial charge in [-0.15, -0.1) is 0 Å². The lowest BCUT2D eigenvalue weighted by Crippen LogP contribution is -2.28. The van der Waals surface area contributed by atoms with Crippen molar-refractivity contribution in [2.24, 2.45) is 0 Å². The summed E-state index contributed by atoms with van der Waals surface area (Å²) in [6.45, 7) is 3.60. The molecule has 1 aromatic heterocycles. The Morgan fingerprint density at radius 1 is 0.943 bits per heavy atom. The van der Waals surface area contributed by atoms with Crippen molar-refractivity contribution in [1.82, 2.24) is 10.3 Å². The maximum absolute atomic E-state index is 6.14. The fraction of sp³-hybridized carbons (Fsp3) is 0.194. The summed E-state index contributed by atoms with van der Waals surface area (Å²) in [4.78, 5) is 4.12. The molecule has 0 saturated carbocycles. The van der Waals surface area contributed by atoms with Crippen LogP contribution in [-0.2, 0) is 13.0 Å². The van der Waals surface area contributed by atoms with Crippen LogP contribution in [0.5, 0.6) is 11.5 Å². The fourth-order valence-electron chi connectivity index (χ4n) is 4.56. The van der Waals surface area contributed by atoms with Crippen LogP contribution in [0.2, 0.25) is 0 Å². The quantitative estimate of drug-likeness (QED) is 0.338. The first kappa shape index (κ1) is 22.9. The Kier molecular flexibility index (Phi) is 6.92. The molecule has 2 heterocycles. The van der Waals surface area contributed by atoms with Gasteiger partial charge < -0.3 is 14.8 Å². The zero-order valence-corrected chi connectivity index (χ0v) is 20.2. The number of rotatable bonds is 7. The van der Waals surface area contributed by atoms with Crippen LogP contribution in [-0.4, -0.2) is 18.6 Å². The molecule has 1 aliphatic rings. The first-order valence-corrected chi connectivity index (χ1v) is 12.0. The van der Waals surface area contributed by atoms with Gasteiger partial charge in [-0.1, -0.05) is 60.7 Å². The standard InChI is InChI=1S/C31H30N2O2/c1-22-18-26(25-12-15-32-16-13-25)9-8-24(22)10-11-29-28-20-30(34-2)31(19-27(28)14-17-33-29)35-21-23-6-4-3-5-7-23/h3-13,15-16,18-20,29,33H,14,17,21H2,1-2H3/b11-10+.